The molecule has 4 heterocycles. The molecule has 0 radical (unpaired) electrons. The fourth-order valence-corrected chi connectivity index (χ4v) is 6.95. The molecule has 240 valence electrons. The van der Waals surface area contributed by atoms with E-state index in [-0.39, 0.29) is 0 Å². The average Bonchev–Trinajstić information content (AvgIpc) is 3.76. The minimum atomic E-state index is 0.657. The Hall–Kier alpha value is -6.98. The van der Waals surface area contributed by atoms with Gasteiger partial charge in [0, 0.05) is 33.9 Å². The minimum absolute atomic E-state index is 0.657. The van der Waals surface area contributed by atoms with Crippen LogP contribution in [0, 0.1) is 0 Å². The molecule has 0 saturated heterocycles. The van der Waals surface area contributed by atoms with Gasteiger partial charge in [-0.1, -0.05) is 72.8 Å². The first-order valence-corrected chi connectivity index (χ1v) is 16.9. The number of pyridine rings is 2. The number of hydrogen-bond donors (Lipinski definition) is 0. The summed E-state index contributed by atoms with van der Waals surface area (Å²) in [6, 6.07) is 54.3. The molecule has 0 atom stereocenters. The van der Waals surface area contributed by atoms with Gasteiger partial charge >= 0.3 is 0 Å². The minimum Gasteiger partial charge on any atom is -0.457 e. The predicted octanol–water partition coefficient (Wildman–Crippen LogP) is 12.7. The number of rotatable bonds is 6. The van der Waals surface area contributed by atoms with Gasteiger partial charge < -0.3 is 13.6 Å². The third-order valence-corrected chi connectivity index (χ3v) is 9.46. The van der Waals surface area contributed by atoms with Crippen LogP contribution in [0.3, 0.4) is 0 Å². The van der Waals surface area contributed by atoms with E-state index in [2.05, 4.69) is 119 Å². The zero-order valence-corrected chi connectivity index (χ0v) is 27.3. The molecule has 0 saturated carbocycles. The molecule has 0 bridgehead atoms. The SMILES string of the molecule is c1cc(Oc2cccc(-c3cccc(-c4ccc5oc6ncccc6c5c4)c3)c2)cc(-c2cccc(-c3ccc4oc5ncccc5c4c3)c2)c1. The van der Waals surface area contributed by atoms with Crippen molar-refractivity contribution in [1.82, 2.24) is 9.97 Å². The van der Waals surface area contributed by atoms with Crippen molar-refractivity contribution in [3.63, 3.8) is 0 Å². The molecule has 6 aromatic carbocycles. The van der Waals surface area contributed by atoms with Crippen molar-refractivity contribution in [3.8, 4) is 56.0 Å². The highest BCUT2D eigenvalue weighted by Crippen LogP contribution is 2.36. The molecule has 4 aromatic heterocycles. The predicted molar refractivity (Wildman–Crippen MR) is 205 cm³/mol. The largest absolute Gasteiger partial charge is 0.457 e. The lowest BCUT2D eigenvalue weighted by molar-refractivity contribution is 0.483. The van der Waals surface area contributed by atoms with Crippen LogP contribution in [0.15, 0.2) is 179 Å². The molecule has 10 rings (SSSR count). The molecule has 0 fully saturated rings. The third-order valence-electron chi connectivity index (χ3n) is 9.46. The summed E-state index contributed by atoms with van der Waals surface area (Å²) in [4.78, 5) is 8.76. The lowest BCUT2D eigenvalue weighted by Gasteiger charge is -2.11. The summed E-state index contributed by atoms with van der Waals surface area (Å²) in [7, 11) is 0. The van der Waals surface area contributed by atoms with Crippen LogP contribution in [0.2, 0.25) is 0 Å². The quantitative estimate of drug-likeness (QED) is 0.178. The number of hydrogen-bond acceptors (Lipinski definition) is 5. The standard InChI is InChI=1S/C46H28N2O3/c1-7-29(23-31(9-1)35-17-19-43-41(27-35)39-15-5-21-47-45(39)50-43)33-11-3-13-37(25-33)49-38-14-4-12-34(26-38)30-8-2-10-32(24-30)36-18-20-44-42(28-36)40-16-6-22-48-46(40)51-44/h1-28H. The highest BCUT2D eigenvalue weighted by atomic mass is 16.5. The number of benzene rings is 6. The molecule has 5 nitrogen and oxygen atoms in total. The zero-order chi connectivity index (χ0) is 33.7. The van der Waals surface area contributed by atoms with Gasteiger partial charge in [-0.05, 0) is 129 Å². The first-order chi connectivity index (χ1) is 25.2. The van der Waals surface area contributed by atoms with E-state index in [1.54, 1.807) is 12.4 Å². The van der Waals surface area contributed by atoms with Gasteiger partial charge in [-0.15, -0.1) is 0 Å². The molecule has 51 heavy (non-hydrogen) atoms. The first kappa shape index (κ1) is 29.0. The van der Waals surface area contributed by atoms with Crippen LogP contribution in [-0.2, 0) is 0 Å². The van der Waals surface area contributed by atoms with Crippen molar-refractivity contribution in [3.05, 3.63) is 170 Å². The topological polar surface area (TPSA) is 61.3 Å². The van der Waals surface area contributed by atoms with Crippen molar-refractivity contribution in [1.29, 1.82) is 0 Å². The van der Waals surface area contributed by atoms with Crippen LogP contribution in [-0.4, -0.2) is 9.97 Å². The molecule has 0 spiro atoms. The van der Waals surface area contributed by atoms with Crippen LogP contribution in [0.25, 0.3) is 88.6 Å². The molecule has 0 aliphatic heterocycles. The maximum absolute atomic E-state index is 6.46. The fourth-order valence-electron chi connectivity index (χ4n) is 6.95. The lowest BCUT2D eigenvalue weighted by Crippen LogP contribution is -1.87. The molecule has 0 aliphatic carbocycles. The van der Waals surface area contributed by atoms with Gasteiger partial charge in [-0.3, -0.25) is 0 Å². The van der Waals surface area contributed by atoms with Crippen LogP contribution < -0.4 is 4.74 Å². The van der Waals surface area contributed by atoms with Gasteiger partial charge in [-0.2, -0.15) is 0 Å². The highest BCUT2D eigenvalue weighted by molar-refractivity contribution is 6.06. The normalized spacial score (nSPS) is 11.5. The van der Waals surface area contributed by atoms with Crippen molar-refractivity contribution in [2.24, 2.45) is 0 Å². The van der Waals surface area contributed by atoms with Gasteiger partial charge in [0.1, 0.15) is 22.7 Å². The first-order valence-electron chi connectivity index (χ1n) is 16.9. The molecule has 0 aliphatic rings. The van der Waals surface area contributed by atoms with Crippen LogP contribution >= 0.6 is 0 Å². The van der Waals surface area contributed by atoms with Crippen LogP contribution in [0.5, 0.6) is 11.5 Å². The molecule has 5 heteroatoms. The molecule has 10 aromatic rings. The summed E-state index contributed by atoms with van der Waals surface area (Å²) in [5.74, 6) is 1.55. The fraction of sp³-hybridized carbons (Fsp3) is 0. The summed E-state index contributed by atoms with van der Waals surface area (Å²) in [6.07, 6.45) is 3.51. The number of nitrogens with zero attached hydrogens (tertiary/aromatic N) is 2. The van der Waals surface area contributed by atoms with E-state index >= 15 is 0 Å². The van der Waals surface area contributed by atoms with E-state index in [0.29, 0.717) is 11.4 Å². The van der Waals surface area contributed by atoms with E-state index < -0.39 is 0 Å². The highest BCUT2D eigenvalue weighted by Gasteiger charge is 2.12. The number of aromatic nitrogens is 2. The van der Waals surface area contributed by atoms with Gasteiger partial charge in [0.2, 0.25) is 11.4 Å². The maximum atomic E-state index is 6.46. The number of furan rings is 2. The lowest BCUT2D eigenvalue weighted by atomic mass is 9.98. The molecule has 0 unspecified atom stereocenters. The maximum Gasteiger partial charge on any atom is 0.227 e. The van der Waals surface area contributed by atoms with Crippen molar-refractivity contribution in [2.45, 2.75) is 0 Å². The van der Waals surface area contributed by atoms with Crippen molar-refractivity contribution in [2.75, 3.05) is 0 Å². The van der Waals surface area contributed by atoms with Gasteiger partial charge in [0.05, 0.1) is 0 Å². The summed E-state index contributed by atoms with van der Waals surface area (Å²) in [6.45, 7) is 0. The van der Waals surface area contributed by atoms with E-state index in [9.17, 15) is 0 Å². The van der Waals surface area contributed by atoms with E-state index in [4.69, 9.17) is 13.6 Å². The molecule has 0 N–H and O–H groups in total. The Morgan fingerprint density at radius 1 is 0.333 bits per heavy atom. The average molecular weight is 657 g/mol. The van der Waals surface area contributed by atoms with Crippen molar-refractivity contribution < 1.29 is 13.6 Å². The molecular weight excluding hydrogens is 629 g/mol. The number of fused-ring (bicyclic) bond motifs is 6. The Bertz CT molecular complexity index is 2720. The summed E-state index contributed by atoms with van der Waals surface area (Å²) in [5, 5.41) is 4.16. The Balaban J connectivity index is 0.920. The Morgan fingerprint density at radius 2 is 0.725 bits per heavy atom. The smallest absolute Gasteiger partial charge is 0.227 e. The second-order valence-electron chi connectivity index (χ2n) is 12.7. The van der Waals surface area contributed by atoms with Crippen LogP contribution in [0.1, 0.15) is 0 Å². The van der Waals surface area contributed by atoms with E-state index in [0.717, 1.165) is 88.7 Å². The van der Waals surface area contributed by atoms with E-state index in [1.165, 1.54) is 0 Å². The zero-order valence-electron chi connectivity index (χ0n) is 27.3. The Labute approximate surface area is 293 Å². The second-order valence-corrected chi connectivity index (χ2v) is 12.7. The summed E-state index contributed by atoms with van der Waals surface area (Å²) < 4.78 is 18.4. The third kappa shape index (κ3) is 5.29. The number of ether oxygens (including phenoxy) is 1. The summed E-state index contributed by atoms with van der Waals surface area (Å²) >= 11 is 0. The molecule has 0 amide bonds. The van der Waals surface area contributed by atoms with Gasteiger partial charge in [0.15, 0.2) is 0 Å². The second kappa shape index (κ2) is 11.9. The van der Waals surface area contributed by atoms with Crippen molar-refractivity contribution >= 4 is 44.1 Å². The van der Waals surface area contributed by atoms with Crippen LogP contribution in [0.4, 0.5) is 0 Å². The summed E-state index contributed by atoms with van der Waals surface area (Å²) in [5.41, 5.74) is 11.9. The Kier molecular flexibility index (Phi) is 6.74. The van der Waals surface area contributed by atoms with Gasteiger partial charge in [-0.25, -0.2) is 9.97 Å². The van der Waals surface area contributed by atoms with Gasteiger partial charge in [0.25, 0.3) is 0 Å². The van der Waals surface area contributed by atoms with E-state index in [1.807, 2.05) is 48.5 Å². The molecular formula is C46H28N2O3. The monoisotopic (exact) mass is 656 g/mol. The Morgan fingerprint density at radius 3 is 1.18 bits per heavy atom.